The van der Waals surface area contributed by atoms with Crippen LogP contribution in [-0.2, 0) is 18.9 Å². The Hall–Kier alpha value is -1.26. The summed E-state index contributed by atoms with van der Waals surface area (Å²) < 4.78 is 14.6. The second-order valence-corrected chi connectivity index (χ2v) is 1.61. The summed E-state index contributed by atoms with van der Waals surface area (Å²) in [5, 5.41) is 18.1. The van der Waals surface area contributed by atoms with Crippen LogP contribution in [0.25, 0.3) is 0 Å². The maximum absolute atomic E-state index is 10.0. The van der Waals surface area contributed by atoms with Crippen molar-refractivity contribution in [2.24, 2.45) is 0 Å². The Morgan fingerprint density at radius 3 is 1.18 bits per heavy atom. The zero-order chi connectivity index (χ0) is 13.1. The minimum absolute atomic E-state index is 0. The molecule has 0 radical (unpaired) electrons. The van der Waals surface area contributed by atoms with Gasteiger partial charge in [0.05, 0.1) is 14.2 Å². The number of methoxy groups -OCH3 is 2. The van der Waals surface area contributed by atoms with Crippen LogP contribution in [0.5, 0.6) is 0 Å². The van der Waals surface area contributed by atoms with Gasteiger partial charge in [-0.15, -0.1) is 0 Å². The average molecular weight is 278 g/mol. The van der Waals surface area contributed by atoms with Gasteiger partial charge in [-0.05, 0) is 0 Å². The number of carbonyl (C=O) groups excluding carboxylic acids is 4. The van der Waals surface area contributed by atoms with Crippen LogP contribution in [0.1, 0.15) is 0 Å². The summed E-state index contributed by atoms with van der Waals surface area (Å²) in [7, 11) is 2.18. The molecule has 0 saturated heterocycles. The van der Waals surface area contributed by atoms with Gasteiger partial charge >= 0.3 is 50.0 Å². The first-order chi connectivity index (χ1) is 7.33. The van der Waals surface area contributed by atoms with Gasteiger partial charge in [0, 0.05) is 0 Å². The number of rotatable bonds is 0. The largest absolute Gasteiger partial charge is 2.00 e. The minimum Gasteiger partial charge on any atom is -0.483 e. The summed E-state index contributed by atoms with van der Waals surface area (Å²) >= 11 is 0. The molecule has 92 valence electrons. The third-order valence-electron chi connectivity index (χ3n) is 0.667. The van der Waals surface area contributed by atoms with Crippen LogP contribution >= 0.6 is 0 Å². The number of carboxylic acid groups (broad SMARTS) is 2. The number of ether oxygens (including phenoxy) is 4. The Balaban J connectivity index is -0.000000224. The van der Waals surface area contributed by atoms with Gasteiger partial charge in [-0.25, -0.2) is 9.59 Å². The van der Waals surface area contributed by atoms with Crippen LogP contribution in [0.15, 0.2) is 0 Å². The monoisotopic (exact) mass is 278 g/mol. The summed E-state index contributed by atoms with van der Waals surface area (Å²) in [6.07, 6.45) is -6.41. The van der Waals surface area contributed by atoms with Crippen LogP contribution in [0, 0.1) is 0 Å². The Morgan fingerprint density at radius 2 is 1.06 bits per heavy atom. The van der Waals surface area contributed by atoms with Crippen molar-refractivity contribution in [2.75, 3.05) is 14.2 Å². The smallest absolute Gasteiger partial charge is 0.483 e. The molecular weight excluding hydrogens is 272 g/mol. The predicted molar refractivity (Wildman–Crippen MR) is 43.5 cm³/mol. The standard InChI is InChI=1S/C4H6O5.C2H2O5.Ca/c1-7-3(5)9-4(6)8-2;3-1(4)7-2(5)6;/h1-2H3;(H,3,4)(H,5,6);/q;;+2/p-2. The van der Waals surface area contributed by atoms with Crippen molar-refractivity contribution in [3.05, 3.63) is 0 Å². The zero-order valence-electron chi connectivity index (χ0n) is 8.79. The molecule has 0 aliphatic rings. The van der Waals surface area contributed by atoms with Crippen molar-refractivity contribution < 1.29 is 48.3 Å². The first-order valence-corrected chi connectivity index (χ1v) is 3.27. The van der Waals surface area contributed by atoms with E-state index in [1.165, 1.54) is 0 Å². The quantitative estimate of drug-likeness (QED) is 0.207. The Kier molecular flexibility index (Phi) is 15.9. The molecule has 0 rings (SSSR count). The van der Waals surface area contributed by atoms with E-state index in [0.29, 0.717) is 0 Å². The van der Waals surface area contributed by atoms with Gasteiger partial charge in [-0.3, -0.25) is 0 Å². The Bertz CT molecular complexity index is 248. The van der Waals surface area contributed by atoms with E-state index in [1.54, 1.807) is 0 Å². The third-order valence-corrected chi connectivity index (χ3v) is 0.667. The van der Waals surface area contributed by atoms with Crippen molar-refractivity contribution in [3.8, 4) is 0 Å². The number of hydrogen-bond acceptors (Lipinski definition) is 10. The van der Waals surface area contributed by atoms with E-state index >= 15 is 0 Å². The third kappa shape index (κ3) is 20.7. The maximum Gasteiger partial charge on any atom is 2.00 e. The molecule has 10 nitrogen and oxygen atoms in total. The summed E-state index contributed by atoms with van der Waals surface area (Å²) in [5.41, 5.74) is 0. The molecule has 0 aromatic heterocycles. The molecule has 0 N–H and O–H groups in total. The molecular formula is C6H6CaO10. The van der Waals surface area contributed by atoms with E-state index in [9.17, 15) is 9.59 Å². The number of carbonyl (C=O) groups is 4. The van der Waals surface area contributed by atoms with Crippen LogP contribution in [-0.4, -0.2) is 76.6 Å². The van der Waals surface area contributed by atoms with Gasteiger partial charge in [0.1, 0.15) is 0 Å². The SMILES string of the molecule is COC(=O)OC(=O)OC.O=C([O-])OC(=O)[O-].[Ca+2]. The molecule has 0 fully saturated rings. The van der Waals surface area contributed by atoms with E-state index < -0.39 is 24.6 Å². The predicted octanol–water partition coefficient (Wildman–Crippen LogP) is -2.16. The Labute approximate surface area is 124 Å². The summed E-state index contributed by atoms with van der Waals surface area (Å²) in [6, 6.07) is 0. The molecule has 0 aliphatic heterocycles. The van der Waals surface area contributed by atoms with Crippen molar-refractivity contribution >= 4 is 62.4 Å². The minimum atomic E-state index is -2.12. The van der Waals surface area contributed by atoms with Crippen LogP contribution < -0.4 is 10.2 Å². The fourth-order valence-electron chi connectivity index (χ4n) is 0.219. The Morgan fingerprint density at radius 1 is 0.765 bits per heavy atom. The normalized spacial score (nSPS) is 7.18. The summed E-state index contributed by atoms with van der Waals surface area (Å²) in [4.78, 5) is 38.2. The van der Waals surface area contributed by atoms with Crippen LogP contribution in [0.4, 0.5) is 19.2 Å². The van der Waals surface area contributed by atoms with Gasteiger partial charge < -0.3 is 38.7 Å². The van der Waals surface area contributed by atoms with E-state index in [0.717, 1.165) is 14.2 Å². The molecule has 0 amide bonds. The van der Waals surface area contributed by atoms with E-state index in [1.807, 2.05) is 0 Å². The molecule has 0 aromatic rings. The van der Waals surface area contributed by atoms with Crippen LogP contribution in [0.3, 0.4) is 0 Å². The second-order valence-electron chi connectivity index (χ2n) is 1.61. The molecule has 0 aliphatic carbocycles. The molecule has 0 aromatic carbocycles. The molecule has 0 spiro atoms. The van der Waals surface area contributed by atoms with E-state index in [-0.39, 0.29) is 37.7 Å². The first-order valence-electron chi connectivity index (χ1n) is 3.27. The molecule has 17 heavy (non-hydrogen) atoms. The van der Waals surface area contributed by atoms with Gasteiger partial charge in [-0.1, -0.05) is 0 Å². The summed E-state index contributed by atoms with van der Waals surface area (Å²) in [6.45, 7) is 0. The van der Waals surface area contributed by atoms with Crippen molar-refractivity contribution in [2.45, 2.75) is 0 Å². The van der Waals surface area contributed by atoms with Gasteiger partial charge in [0.15, 0.2) is 0 Å². The van der Waals surface area contributed by atoms with Crippen molar-refractivity contribution in [1.29, 1.82) is 0 Å². The summed E-state index contributed by atoms with van der Waals surface area (Å²) in [5.74, 6) is 0. The van der Waals surface area contributed by atoms with Gasteiger partial charge in [-0.2, -0.15) is 0 Å². The fraction of sp³-hybridized carbons (Fsp3) is 0.333. The second kappa shape index (κ2) is 12.8. The molecule has 0 saturated carbocycles. The van der Waals surface area contributed by atoms with E-state index in [4.69, 9.17) is 19.8 Å². The molecule has 0 atom stereocenters. The topological polar surface area (TPSA) is 151 Å². The van der Waals surface area contributed by atoms with Crippen molar-refractivity contribution in [1.82, 2.24) is 0 Å². The van der Waals surface area contributed by atoms with E-state index in [2.05, 4.69) is 18.9 Å². The molecule has 0 heterocycles. The molecule has 0 unspecified atom stereocenters. The molecule has 0 bridgehead atoms. The number of hydrogen-bond donors (Lipinski definition) is 0. The molecule has 11 heteroatoms. The van der Waals surface area contributed by atoms with Crippen LogP contribution in [0.2, 0.25) is 0 Å². The first kappa shape index (κ1) is 21.1. The maximum atomic E-state index is 10.0. The van der Waals surface area contributed by atoms with Crippen molar-refractivity contribution in [3.63, 3.8) is 0 Å². The fourth-order valence-corrected chi connectivity index (χ4v) is 0.219. The van der Waals surface area contributed by atoms with Gasteiger partial charge in [0.25, 0.3) is 12.3 Å². The zero-order valence-corrected chi connectivity index (χ0v) is 11.0. The average Bonchev–Trinajstić information content (AvgIpc) is 2.16. The van der Waals surface area contributed by atoms with Gasteiger partial charge in [0.2, 0.25) is 0 Å².